The molecule has 12 heavy (non-hydrogen) atoms. The fraction of sp³-hybridized carbons (Fsp3) is 0.900. The van der Waals surface area contributed by atoms with Gasteiger partial charge in [-0.05, 0) is 5.92 Å². The molecule has 1 atom stereocenters. The molecular formula is C10H22N2. The smallest absolute Gasteiger partial charge is 0.0991 e. The van der Waals surface area contributed by atoms with Gasteiger partial charge in [-0.1, -0.05) is 41.0 Å². The third-order valence-corrected chi connectivity index (χ3v) is 2.04. The van der Waals surface area contributed by atoms with Gasteiger partial charge in [0.25, 0.3) is 0 Å². The predicted octanol–water partition coefficient (Wildman–Crippen LogP) is 2.44. The Labute approximate surface area is 76.3 Å². The van der Waals surface area contributed by atoms with Crippen LogP contribution in [0.1, 0.15) is 41.0 Å². The summed E-state index contributed by atoms with van der Waals surface area (Å²) in [5.74, 6) is 1.41. The first kappa shape index (κ1) is 11.5. The maximum absolute atomic E-state index is 5.80. The highest BCUT2D eigenvalue weighted by Gasteiger charge is 2.14. The lowest BCUT2D eigenvalue weighted by atomic mass is 9.95. The molecule has 1 unspecified atom stereocenters. The summed E-state index contributed by atoms with van der Waals surface area (Å²) in [4.78, 5) is 4.36. The molecule has 0 saturated heterocycles. The maximum Gasteiger partial charge on any atom is 0.0991 e. The van der Waals surface area contributed by atoms with Crippen molar-refractivity contribution in [1.29, 1.82) is 0 Å². The van der Waals surface area contributed by atoms with Crippen LogP contribution in [-0.2, 0) is 0 Å². The van der Waals surface area contributed by atoms with Crippen molar-refractivity contribution in [2.24, 2.45) is 22.1 Å². The molecule has 0 aromatic carbocycles. The van der Waals surface area contributed by atoms with E-state index in [1.807, 2.05) is 0 Å². The fourth-order valence-electron chi connectivity index (χ4n) is 0.620. The van der Waals surface area contributed by atoms with Crippen molar-refractivity contribution in [3.05, 3.63) is 0 Å². The van der Waals surface area contributed by atoms with E-state index in [1.54, 1.807) is 0 Å². The summed E-state index contributed by atoms with van der Waals surface area (Å²) in [5.41, 5.74) is 5.83. The highest BCUT2D eigenvalue weighted by molar-refractivity contribution is 5.85. The Morgan fingerprint density at radius 1 is 1.42 bits per heavy atom. The molecular weight excluding hydrogens is 148 g/mol. The van der Waals surface area contributed by atoms with Crippen LogP contribution in [0.3, 0.4) is 0 Å². The van der Waals surface area contributed by atoms with Gasteiger partial charge in [0.2, 0.25) is 0 Å². The van der Waals surface area contributed by atoms with E-state index in [0.29, 0.717) is 5.92 Å². The predicted molar refractivity (Wildman–Crippen MR) is 55.4 cm³/mol. The summed E-state index contributed by atoms with van der Waals surface area (Å²) in [6.07, 6.45) is 1.17. The van der Waals surface area contributed by atoms with E-state index in [4.69, 9.17) is 5.73 Å². The fourth-order valence-corrected chi connectivity index (χ4v) is 0.620. The first-order chi connectivity index (χ1) is 5.38. The van der Waals surface area contributed by atoms with Crippen LogP contribution in [0.15, 0.2) is 4.99 Å². The zero-order valence-corrected chi connectivity index (χ0v) is 9.02. The van der Waals surface area contributed by atoms with Crippen molar-refractivity contribution < 1.29 is 0 Å². The molecule has 0 spiro atoms. The molecule has 0 amide bonds. The van der Waals surface area contributed by atoms with Crippen molar-refractivity contribution in [3.8, 4) is 0 Å². The number of amidine groups is 1. The van der Waals surface area contributed by atoms with Gasteiger partial charge in [-0.15, -0.1) is 0 Å². The monoisotopic (exact) mass is 170 g/mol. The van der Waals surface area contributed by atoms with Gasteiger partial charge in [0.1, 0.15) is 0 Å². The molecule has 0 bridgehead atoms. The van der Waals surface area contributed by atoms with Crippen LogP contribution < -0.4 is 5.73 Å². The molecule has 2 N–H and O–H groups in total. The Morgan fingerprint density at radius 3 is 2.25 bits per heavy atom. The molecule has 0 heterocycles. The van der Waals surface area contributed by atoms with Gasteiger partial charge in [-0.3, -0.25) is 4.99 Å². The van der Waals surface area contributed by atoms with Gasteiger partial charge < -0.3 is 5.73 Å². The quantitative estimate of drug-likeness (QED) is 0.512. The molecule has 0 aliphatic rings. The van der Waals surface area contributed by atoms with E-state index in [2.05, 4.69) is 39.6 Å². The minimum Gasteiger partial charge on any atom is -0.387 e. The topological polar surface area (TPSA) is 38.4 Å². The van der Waals surface area contributed by atoms with Crippen LogP contribution in [0, 0.1) is 11.3 Å². The Kier molecular flexibility index (Phi) is 4.29. The van der Waals surface area contributed by atoms with Crippen LogP contribution in [0.2, 0.25) is 0 Å². The van der Waals surface area contributed by atoms with Gasteiger partial charge >= 0.3 is 0 Å². The SMILES string of the molecule is CCC(C)CN=C(N)C(C)(C)C. The van der Waals surface area contributed by atoms with E-state index in [1.165, 1.54) is 6.42 Å². The molecule has 0 saturated carbocycles. The van der Waals surface area contributed by atoms with E-state index in [0.717, 1.165) is 12.4 Å². The minimum absolute atomic E-state index is 0.0213. The van der Waals surface area contributed by atoms with Crippen LogP contribution >= 0.6 is 0 Å². The number of aliphatic imine (C=N–C) groups is 1. The largest absolute Gasteiger partial charge is 0.387 e. The van der Waals surface area contributed by atoms with Gasteiger partial charge in [0.05, 0.1) is 5.84 Å². The molecule has 0 aliphatic carbocycles. The lowest BCUT2D eigenvalue weighted by Crippen LogP contribution is -2.29. The zero-order valence-electron chi connectivity index (χ0n) is 9.02. The number of nitrogens with zero attached hydrogens (tertiary/aromatic N) is 1. The van der Waals surface area contributed by atoms with Crippen molar-refractivity contribution in [2.75, 3.05) is 6.54 Å². The summed E-state index contributed by atoms with van der Waals surface area (Å²) in [5, 5.41) is 0. The van der Waals surface area contributed by atoms with Crippen LogP contribution in [0.25, 0.3) is 0 Å². The Hall–Kier alpha value is -0.530. The van der Waals surface area contributed by atoms with E-state index >= 15 is 0 Å². The number of hydrogen-bond acceptors (Lipinski definition) is 1. The second kappa shape index (κ2) is 4.48. The standard InChI is InChI=1S/C10H22N2/c1-6-8(2)7-12-9(11)10(3,4)5/h8H,6-7H2,1-5H3,(H2,11,12). The Balaban J connectivity index is 4.01. The van der Waals surface area contributed by atoms with E-state index in [9.17, 15) is 0 Å². The summed E-state index contributed by atoms with van der Waals surface area (Å²) in [7, 11) is 0. The molecule has 0 rings (SSSR count). The lowest BCUT2D eigenvalue weighted by Gasteiger charge is -2.18. The lowest BCUT2D eigenvalue weighted by molar-refractivity contribution is 0.551. The Morgan fingerprint density at radius 2 is 1.92 bits per heavy atom. The maximum atomic E-state index is 5.80. The van der Waals surface area contributed by atoms with Crippen LogP contribution in [-0.4, -0.2) is 12.4 Å². The number of rotatable bonds is 3. The normalized spacial score (nSPS) is 16.2. The van der Waals surface area contributed by atoms with Crippen molar-refractivity contribution in [2.45, 2.75) is 41.0 Å². The van der Waals surface area contributed by atoms with Crippen molar-refractivity contribution >= 4 is 5.84 Å². The van der Waals surface area contributed by atoms with Crippen molar-refractivity contribution in [1.82, 2.24) is 0 Å². The molecule has 0 aromatic heterocycles. The van der Waals surface area contributed by atoms with Gasteiger partial charge in [-0.2, -0.15) is 0 Å². The Bertz CT molecular complexity index is 154. The van der Waals surface area contributed by atoms with Crippen LogP contribution in [0.5, 0.6) is 0 Å². The summed E-state index contributed by atoms with van der Waals surface area (Å²) in [6, 6.07) is 0. The minimum atomic E-state index is 0.0213. The number of hydrogen-bond donors (Lipinski definition) is 1. The zero-order chi connectivity index (χ0) is 9.78. The second-order valence-electron chi connectivity index (χ2n) is 4.49. The molecule has 0 radical (unpaired) electrons. The van der Waals surface area contributed by atoms with Crippen LogP contribution in [0.4, 0.5) is 0 Å². The molecule has 0 fully saturated rings. The second-order valence-corrected chi connectivity index (χ2v) is 4.49. The third kappa shape index (κ3) is 4.37. The van der Waals surface area contributed by atoms with Gasteiger partial charge in [0.15, 0.2) is 0 Å². The molecule has 2 heteroatoms. The average molecular weight is 170 g/mol. The average Bonchev–Trinajstić information content (AvgIpc) is 1.97. The molecule has 2 nitrogen and oxygen atoms in total. The third-order valence-electron chi connectivity index (χ3n) is 2.04. The van der Waals surface area contributed by atoms with Crippen molar-refractivity contribution in [3.63, 3.8) is 0 Å². The number of nitrogens with two attached hydrogens (primary N) is 1. The summed E-state index contributed by atoms with van der Waals surface area (Å²) >= 11 is 0. The molecule has 72 valence electrons. The van der Waals surface area contributed by atoms with E-state index in [-0.39, 0.29) is 5.41 Å². The summed E-state index contributed by atoms with van der Waals surface area (Å²) in [6.45, 7) is 11.5. The summed E-state index contributed by atoms with van der Waals surface area (Å²) < 4.78 is 0. The molecule has 0 aliphatic heterocycles. The highest BCUT2D eigenvalue weighted by atomic mass is 14.9. The van der Waals surface area contributed by atoms with Gasteiger partial charge in [-0.25, -0.2) is 0 Å². The van der Waals surface area contributed by atoms with E-state index < -0.39 is 0 Å². The first-order valence-corrected chi connectivity index (χ1v) is 4.68. The highest BCUT2D eigenvalue weighted by Crippen LogP contribution is 2.13. The van der Waals surface area contributed by atoms with Gasteiger partial charge in [0, 0.05) is 12.0 Å². The first-order valence-electron chi connectivity index (χ1n) is 4.68. The molecule has 0 aromatic rings.